The van der Waals surface area contributed by atoms with Crippen LogP contribution in [0.15, 0.2) is 0 Å². The molecule has 0 aromatic carbocycles. The molecule has 94 valence electrons. The molecule has 2 unspecified atom stereocenters. The van der Waals surface area contributed by atoms with Crippen molar-refractivity contribution in [1.82, 2.24) is 4.90 Å². The zero-order valence-corrected chi connectivity index (χ0v) is 11.2. The highest BCUT2D eigenvalue weighted by molar-refractivity contribution is 5.83. The number of morpholine rings is 1. The van der Waals surface area contributed by atoms with Gasteiger partial charge in [-0.15, -0.1) is 0 Å². The smallest absolute Gasteiger partial charge is 0.139 e. The van der Waals surface area contributed by atoms with Gasteiger partial charge >= 0.3 is 0 Å². The molecule has 0 aromatic heterocycles. The van der Waals surface area contributed by atoms with E-state index in [4.69, 9.17) is 4.74 Å². The topological polar surface area (TPSA) is 29.5 Å². The highest BCUT2D eigenvalue weighted by Gasteiger charge is 2.25. The summed E-state index contributed by atoms with van der Waals surface area (Å²) >= 11 is 0. The fourth-order valence-electron chi connectivity index (χ4n) is 2.10. The maximum atomic E-state index is 11.8. The highest BCUT2D eigenvalue weighted by Crippen LogP contribution is 2.18. The summed E-state index contributed by atoms with van der Waals surface area (Å²) in [5.74, 6) is 0.347. The molecule has 1 saturated heterocycles. The van der Waals surface area contributed by atoms with Crippen molar-refractivity contribution >= 4 is 5.78 Å². The Bertz CT molecular complexity index is 235. The Balaban J connectivity index is 2.35. The molecule has 3 nitrogen and oxygen atoms in total. The van der Waals surface area contributed by atoms with Crippen LogP contribution in [-0.2, 0) is 9.53 Å². The Kier molecular flexibility index (Phi) is 4.51. The summed E-state index contributed by atoms with van der Waals surface area (Å²) in [6.07, 6.45) is 1.23. The van der Waals surface area contributed by atoms with Gasteiger partial charge in [-0.25, -0.2) is 0 Å². The van der Waals surface area contributed by atoms with Gasteiger partial charge in [-0.05, 0) is 13.8 Å². The van der Waals surface area contributed by atoms with Crippen molar-refractivity contribution in [1.29, 1.82) is 0 Å². The van der Waals surface area contributed by atoms with Crippen LogP contribution in [-0.4, -0.2) is 42.5 Å². The van der Waals surface area contributed by atoms with Crippen molar-refractivity contribution in [3.63, 3.8) is 0 Å². The molecule has 1 fully saturated rings. The van der Waals surface area contributed by atoms with E-state index in [9.17, 15) is 4.79 Å². The minimum Gasteiger partial charge on any atom is -0.373 e. The number of rotatable bonds is 3. The molecule has 0 saturated carbocycles. The van der Waals surface area contributed by atoms with Crippen molar-refractivity contribution < 1.29 is 9.53 Å². The second-order valence-electron chi connectivity index (χ2n) is 5.94. The minimum absolute atomic E-state index is 0.205. The number of ketones is 1. The van der Waals surface area contributed by atoms with Gasteiger partial charge in [0.15, 0.2) is 0 Å². The summed E-state index contributed by atoms with van der Waals surface area (Å²) in [7, 11) is 0. The molecule has 0 aromatic rings. The molecule has 0 aliphatic carbocycles. The van der Waals surface area contributed by atoms with Gasteiger partial charge in [0.05, 0.1) is 12.2 Å². The molecule has 0 radical (unpaired) electrons. The second kappa shape index (κ2) is 5.28. The molecule has 0 amide bonds. The van der Waals surface area contributed by atoms with Gasteiger partial charge in [0.1, 0.15) is 5.78 Å². The first-order valence-corrected chi connectivity index (χ1v) is 6.20. The maximum Gasteiger partial charge on any atom is 0.139 e. The number of nitrogens with zero attached hydrogens (tertiary/aromatic N) is 1. The fraction of sp³-hybridized carbons (Fsp3) is 0.923. The Labute approximate surface area is 99.1 Å². The second-order valence-corrected chi connectivity index (χ2v) is 5.94. The zero-order valence-electron chi connectivity index (χ0n) is 11.2. The summed E-state index contributed by atoms with van der Waals surface area (Å²) in [6.45, 7) is 12.9. The fourth-order valence-corrected chi connectivity index (χ4v) is 2.10. The molecule has 1 rings (SSSR count). The molecule has 0 spiro atoms. The normalized spacial score (nSPS) is 28.1. The van der Waals surface area contributed by atoms with Crippen molar-refractivity contribution in [3.05, 3.63) is 0 Å². The van der Waals surface area contributed by atoms with Crippen LogP contribution in [0.2, 0.25) is 0 Å². The lowest BCUT2D eigenvalue weighted by Gasteiger charge is -2.35. The molecule has 16 heavy (non-hydrogen) atoms. The Morgan fingerprint density at radius 1 is 1.25 bits per heavy atom. The standard InChI is InChI=1S/C13H25NO2/c1-10-8-14(9-11(2)16-10)7-6-12(15)13(3,4)5/h10-11H,6-9H2,1-5H3. The quantitative estimate of drug-likeness (QED) is 0.739. The van der Waals surface area contributed by atoms with Crippen LogP contribution in [0.3, 0.4) is 0 Å². The lowest BCUT2D eigenvalue weighted by Crippen LogP contribution is -2.46. The van der Waals surface area contributed by atoms with Crippen molar-refractivity contribution in [2.45, 2.75) is 53.2 Å². The van der Waals surface area contributed by atoms with Crippen molar-refractivity contribution in [2.24, 2.45) is 5.41 Å². The van der Waals surface area contributed by atoms with Gasteiger partial charge in [-0.3, -0.25) is 9.69 Å². The summed E-state index contributed by atoms with van der Waals surface area (Å²) in [6, 6.07) is 0. The van der Waals surface area contributed by atoms with E-state index in [-0.39, 0.29) is 17.6 Å². The first-order valence-electron chi connectivity index (χ1n) is 6.20. The van der Waals surface area contributed by atoms with Crippen LogP contribution < -0.4 is 0 Å². The molecular weight excluding hydrogens is 202 g/mol. The third-order valence-corrected chi connectivity index (χ3v) is 2.99. The van der Waals surface area contributed by atoms with Crippen molar-refractivity contribution in [3.8, 4) is 0 Å². The lowest BCUT2D eigenvalue weighted by atomic mass is 9.89. The molecular formula is C13H25NO2. The van der Waals surface area contributed by atoms with E-state index in [1.165, 1.54) is 0 Å². The van der Waals surface area contributed by atoms with E-state index < -0.39 is 0 Å². The number of hydrogen-bond acceptors (Lipinski definition) is 3. The summed E-state index contributed by atoms with van der Waals surface area (Å²) in [4.78, 5) is 14.1. The van der Waals surface area contributed by atoms with Gasteiger partial charge in [0, 0.05) is 31.5 Å². The van der Waals surface area contributed by atoms with Gasteiger partial charge < -0.3 is 4.74 Å². The highest BCUT2D eigenvalue weighted by atomic mass is 16.5. The average molecular weight is 227 g/mol. The maximum absolute atomic E-state index is 11.8. The van der Waals surface area contributed by atoms with E-state index in [0.29, 0.717) is 12.2 Å². The van der Waals surface area contributed by atoms with Crippen LogP contribution in [0, 0.1) is 5.41 Å². The number of carbonyl (C=O) groups excluding carboxylic acids is 1. The Hall–Kier alpha value is -0.410. The van der Waals surface area contributed by atoms with E-state index in [2.05, 4.69) is 18.7 Å². The molecule has 0 N–H and O–H groups in total. The van der Waals surface area contributed by atoms with E-state index in [0.717, 1.165) is 19.6 Å². The number of hydrogen-bond donors (Lipinski definition) is 0. The van der Waals surface area contributed by atoms with Crippen LogP contribution in [0.4, 0.5) is 0 Å². The SMILES string of the molecule is CC1CN(CCC(=O)C(C)(C)C)CC(C)O1. The average Bonchev–Trinajstić information content (AvgIpc) is 2.11. The van der Waals surface area contributed by atoms with Gasteiger partial charge in [0.25, 0.3) is 0 Å². The van der Waals surface area contributed by atoms with Crippen LogP contribution in [0.5, 0.6) is 0 Å². The molecule has 1 aliphatic rings. The molecule has 2 atom stereocenters. The lowest BCUT2D eigenvalue weighted by molar-refractivity contribution is -0.127. The molecule has 1 heterocycles. The predicted molar refractivity (Wildman–Crippen MR) is 65.5 cm³/mol. The minimum atomic E-state index is -0.205. The molecule has 3 heteroatoms. The monoisotopic (exact) mass is 227 g/mol. The zero-order chi connectivity index (χ0) is 12.3. The molecule has 1 aliphatic heterocycles. The third kappa shape index (κ3) is 4.22. The van der Waals surface area contributed by atoms with Gasteiger partial charge in [0.2, 0.25) is 0 Å². The van der Waals surface area contributed by atoms with E-state index in [1.54, 1.807) is 0 Å². The summed E-state index contributed by atoms with van der Waals surface area (Å²) in [5, 5.41) is 0. The van der Waals surface area contributed by atoms with Crippen LogP contribution in [0.1, 0.15) is 41.0 Å². The predicted octanol–water partition coefficient (Wildman–Crippen LogP) is 2.10. The first kappa shape index (κ1) is 13.7. The Morgan fingerprint density at radius 3 is 2.19 bits per heavy atom. The van der Waals surface area contributed by atoms with Crippen LogP contribution in [0.25, 0.3) is 0 Å². The third-order valence-electron chi connectivity index (χ3n) is 2.99. The Morgan fingerprint density at radius 2 is 1.75 bits per heavy atom. The van der Waals surface area contributed by atoms with Crippen LogP contribution >= 0.6 is 0 Å². The number of ether oxygens (including phenoxy) is 1. The van der Waals surface area contributed by atoms with E-state index in [1.807, 2.05) is 20.8 Å². The summed E-state index contributed by atoms with van der Waals surface area (Å²) < 4.78 is 5.66. The van der Waals surface area contributed by atoms with Gasteiger partial charge in [-0.2, -0.15) is 0 Å². The largest absolute Gasteiger partial charge is 0.373 e. The number of carbonyl (C=O) groups is 1. The number of Topliss-reactive ketones (excluding diaryl/α,β-unsaturated/α-hetero) is 1. The summed E-state index contributed by atoms with van der Waals surface area (Å²) in [5.41, 5.74) is -0.205. The van der Waals surface area contributed by atoms with E-state index >= 15 is 0 Å². The first-order chi connectivity index (χ1) is 7.29. The van der Waals surface area contributed by atoms with Crippen molar-refractivity contribution in [2.75, 3.05) is 19.6 Å². The van der Waals surface area contributed by atoms with Gasteiger partial charge in [-0.1, -0.05) is 20.8 Å². The molecule has 0 bridgehead atoms.